The molecule has 0 amide bonds. The molecule has 36 heavy (non-hydrogen) atoms. The van der Waals surface area contributed by atoms with Gasteiger partial charge in [-0.25, -0.2) is 0 Å². The van der Waals surface area contributed by atoms with E-state index in [9.17, 15) is 0 Å². The highest BCUT2D eigenvalue weighted by atomic mass is 32.1. The first-order valence-electron chi connectivity index (χ1n) is 12.7. The summed E-state index contributed by atoms with van der Waals surface area (Å²) < 4.78 is 13.7. The molecule has 0 unspecified atom stereocenters. The highest BCUT2D eigenvalue weighted by molar-refractivity contribution is 7.80. The van der Waals surface area contributed by atoms with Crippen molar-refractivity contribution in [3.63, 3.8) is 0 Å². The molecule has 190 valence electrons. The lowest BCUT2D eigenvalue weighted by molar-refractivity contribution is 0.0369. The van der Waals surface area contributed by atoms with Crippen LogP contribution in [0.4, 0.5) is 5.69 Å². The van der Waals surface area contributed by atoms with Gasteiger partial charge in [-0.3, -0.25) is 9.88 Å². The number of morpholine rings is 1. The summed E-state index contributed by atoms with van der Waals surface area (Å²) in [6.45, 7) is 10.3. The number of methoxy groups -OCH3 is 1. The van der Waals surface area contributed by atoms with Crippen molar-refractivity contribution in [3.05, 3.63) is 77.4 Å². The summed E-state index contributed by atoms with van der Waals surface area (Å²) >= 11 is 5.92. The lowest BCUT2D eigenvalue weighted by Gasteiger charge is -2.29. The van der Waals surface area contributed by atoms with Gasteiger partial charge in [0, 0.05) is 43.8 Å². The first-order valence-corrected chi connectivity index (χ1v) is 13.1. The van der Waals surface area contributed by atoms with E-state index in [1.165, 1.54) is 17.0 Å². The van der Waals surface area contributed by atoms with Crippen LogP contribution in [0.15, 0.2) is 54.7 Å². The Bertz CT molecular complexity index is 1190. The van der Waals surface area contributed by atoms with E-state index in [-0.39, 0.29) is 12.1 Å². The molecule has 3 aromatic rings. The summed E-state index contributed by atoms with van der Waals surface area (Å²) in [6.07, 6.45) is 2.95. The van der Waals surface area contributed by atoms with Gasteiger partial charge >= 0.3 is 0 Å². The summed E-state index contributed by atoms with van der Waals surface area (Å²) in [6, 6.07) is 16.3. The topological polar surface area (TPSA) is 54.8 Å². The Labute approximate surface area is 219 Å². The first kappa shape index (κ1) is 24.7. The van der Waals surface area contributed by atoms with Crippen LogP contribution in [0.25, 0.3) is 0 Å². The Hall–Kier alpha value is -2.94. The van der Waals surface area contributed by atoms with Gasteiger partial charge in [-0.1, -0.05) is 18.2 Å². The summed E-state index contributed by atoms with van der Waals surface area (Å²) in [4.78, 5) is 9.40. The van der Waals surface area contributed by atoms with Crippen LogP contribution < -0.4 is 15.0 Å². The zero-order valence-electron chi connectivity index (χ0n) is 21.3. The molecule has 2 aliphatic heterocycles. The molecule has 0 bridgehead atoms. The van der Waals surface area contributed by atoms with Gasteiger partial charge in [0.15, 0.2) is 5.11 Å². The van der Waals surface area contributed by atoms with Crippen LogP contribution in [-0.2, 0) is 11.3 Å². The second-order valence-electron chi connectivity index (χ2n) is 9.45. The van der Waals surface area contributed by atoms with Gasteiger partial charge in [-0.05, 0) is 68.4 Å². The van der Waals surface area contributed by atoms with Gasteiger partial charge in [0.1, 0.15) is 5.75 Å². The van der Waals surface area contributed by atoms with E-state index in [0.29, 0.717) is 5.11 Å². The van der Waals surface area contributed by atoms with E-state index < -0.39 is 0 Å². The molecule has 8 heteroatoms. The molecule has 2 aromatic heterocycles. The predicted octanol–water partition coefficient (Wildman–Crippen LogP) is 4.41. The van der Waals surface area contributed by atoms with E-state index >= 15 is 0 Å². The minimum Gasteiger partial charge on any atom is -0.495 e. The third kappa shape index (κ3) is 4.85. The molecular formula is C28H35N5O2S. The number of hydrogen-bond donors (Lipinski definition) is 1. The number of hydrogen-bond acceptors (Lipinski definition) is 5. The Morgan fingerprint density at radius 3 is 2.61 bits per heavy atom. The maximum atomic E-state index is 5.92. The van der Waals surface area contributed by atoms with Gasteiger partial charge in [-0.15, -0.1) is 0 Å². The van der Waals surface area contributed by atoms with Crippen molar-refractivity contribution < 1.29 is 9.47 Å². The van der Waals surface area contributed by atoms with Crippen LogP contribution in [-0.4, -0.2) is 59.5 Å². The summed E-state index contributed by atoms with van der Waals surface area (Å²) in [7, 11) is 1.71. The smallest absolute Gasteiger partial charge is 0.174 e. The van der Waals surface area contributed by atoms with Crippen molar-refractivity contribution >= 4 is 23.0 Å². The number of para-hydroxylation sites is 2. The molecule has 0 radical (unpaired) electrons. The number of rotatable bonds is 8. The molecule has 2 atom stereocenters. The molecule has 2 aliphatic rings. The van der Waals surface area contributed by atoms with E-state index in [2.05, 4.69) is 51.7 Å². The zero-order valence-corrected chi connectivity index (χ0v) is 22.1. The van der Waals surface area contributed by atoms with Crippen LogP contribution in [0.5, 0.6) is 5.75 Å². The summed E-state index contributed by atoms with van der Waals surface area (Å²) in [5, 5.41) is 4.25. The fraction of sp³-hybridized carbons (Fsp3) is 0.429. The quantitative estimate of drug-likeness (QED) is 0.455. The summed E-state index contributed by atoms with van der Waals surface area (Å²) in [5.41, 5.74) is 5.72. The first-order chi connectivity index (χ1) is 17.6. The van der Waals surface area contributed by atoms with Crippen LogP contribution in [0.3, 0.4) is 0 Å². The van der Waals surface area contributed by atoms with Gasteiger partial charge in [0.05, 0.1) is 43.8 Å². The number of pyridine rings is 1. The lowest BCUT2D eigenvalue weighted by Crippen LogP contribution is -2.37. The molecule has 0 spiro atoms. The van der Waals surface area contributed by atoms with Gasteiger partial charge in [0.25, 0.3) is 0 Å². The van der Waals surface area contributed by atoms with Crippen molar-refractivity contribution in [2.24, 2.45) is 0 Å². The average molecular weight is 506 g/mol. The van der Waals surface area contributed by atoms with Crippen molar-refractivity contribution in [2.75, 3.05) is 44.9 Å². The Morgan fingerprint density at radius 1 is 1.08 bits per heavy atom. The second-order valence-corrected chi connectivity index (χ2v) is 9.84. The molecule has 5 rings (SSSR count). The van der Waals surface area contributed by atoms with Crippen molar-refractivity contribution in [1.29, 1.82) is 0 Å². The van der Waals surface area contributed by atoms with Crippen LogP contribution in [0.2, 0.25) is 0 Å². The number of nitrogens with one attached hydrogen (secondary N) is 1. The monoisotopic (exact) mass is 505 g/mol. The largest absolute Gasteiger partial charge is 0.495 e. The van der Waals surface area contributed by atoms with Gasteiger partial charge < -0.3 is 24.3 Å². The molecule has 1 aromatic carbocycles. The van der Waals surface area contributed by atoms with E-state index in [1.807, 2.05) is 36.5 Å². The lowest BCUT2D eigenvalue weighted by atomic mass is 9.96. The van der Waals surface area contributed by atoms with E-state index in [0.717, 1.165) is 62.9 Å². The van der Waals surface area contributed by atoms with E-state index in [1.54, 1.807) is 7.11 Å². The standard InChI is InChI=1S/C28H35N5O2S/c1-20-19-22(21(2)32(20)14-8-13-31-15-17-35-18-16-31)27-26(23-9-6-7-12-29-23)30-28(36)33(27)24-10-4-5-11-25(24)34-3/h4-7,9-12,19,26-27H,8,13-18H2,1-3H3,(H,30,36)/t26-,27-/m1/s1. The number of aromatic nitrogens is 2. The number of nitrogens with zero attached hydrogens (tertiary/aromatic N) is 4. The minimum atomic E-state index is -0.0779. The molecule has 1 N–H and O–H groups in total. The van der Waals surface area contributed by atoms with Crippen molar-refractivity contribution in [2.45, 2.75) is 38.9 Å². The third-order valence-electron chi connectivity index (χ3n) is 7.33. The highest BCUT2D eigenvalue weighted by Crippen LogP contribution is 2.45. The van der Waals surface area contributed by atoms with Crippen LogP contribution in [0, 0.1) is 13.8 Å². The SMILES string of the molecule is COc1ccccc1N1C(=S)N[C@H](c2ccccn2)[C@H]1c1cc(C)n(CCCN2CCOCC2)c1C. The predicted molar refractivity (Wildman–Crippen MR) is 147 cm³/mol. The maximum Gasteiger partial charge on any atom is 0.174 e. The van der Waals surface area contributed by atoms with Crippen LogP contribution >= 0.6 is 12.2 Å². The Balaban J connectivity index is 1.49. The second kappa shape index (κ2) is 11.0. The molecule has 0 saturated carbocycles. The minimum absolute atomic E-state index is 0.0529. The molecule has 2 saturated heterocycles. The number of aryl methyl sites for hydroxylation is 1. The Kier molecular flexibility index (Phi) is 7.55. The average Bonchev–Trinajstić information content (AvgIpc) is 3.40. The number of benzene rings is 1. The molecule has 7 nitrogen and oxygen atoms in total. The Morgan fingerprint density at radius 2 is 1.86 bits per heavy atom. The molecule has 0 aliphatic carbocycles. The number of anilines is 1. The van der Waals surface area contributed by atoms with Crippen LogP contribution in [0.1, 0.15) is 41.1 Å². The molecular weight excluding hydrogens is 470 g/mol. The van der Waals surface area contributed by atoms with Crippen molar-refractivity contribution in [3.8, 4) is 5.75 Å². The summed E-state index contributed by atoms with van der Waals surface area (Å²) in [5.74, 6) is 0.799. The number of ether oxygens (including phenoxy) is 2. The van der Waals surface area contributed by atoms with Crippen molar-refractivity contribution in [1.82, 2.24) is 19.8 Å². The van der Waals surface area contributed by atoms with E-state index in [4.69, 9.17) is 26.7 Å². The third-order valence-corrected chi connectivity index (χ3v) is 7.65. The van der Waals surface area contributed by atoms with Gasteiger partial charge in [0.2, 0.25) is 0 Å². The maximum absolute atomic E-state index is 5.92. The highest BCUT2D eigenvalue weighted by Gasteiger charge is 2.43. The fourth-order valence-corrected chi connectivity index (χ4v) is 5.85. The molecule has 4 heterocycles. The number of thiocarbonyl (C=S) groups is 1. The molecule has 2 fully saturated rings. The normalized spacial score (nSPS) is 20.5. The fourth-order valence-electron chi connectivity index (χ4n) is 5.51. The van der Waals surface area contributed by atoms with Gasteiger partial charge in [-0.2, -0.15) is 0 Å². The zero-order chi connectivity index (χ0) is 25.1.